The Bertz CT molecular complexity index is 1540. The van der Waals surface area contributed by atoms with Crippen LogP contribution in [0.1, 0.15) is 51.5 Å². The molecule has 8 heteroatoms. The number of para-hydroxylation sites is 2. The molecule has 39 heavy (non-hydrogen) atoms. The minimum Gasteiger partial charge on any atom is -0.463 e. The van der Waals surface area contributed by atoms with Gasteiger partial charge in [0.1, 0.15) is 17.8 Å². The predicted molar refractivity (Wildman–Crippen MR) is 149 cm³/mol. The van der Waals surface area contributed by atoms with Gasteiger partial charge in [-0.25, -0.2) is 9.59 Å². The van der Waals surface area contributed by atoms with Gasteiger partial charge in [0, 0.05) is 23.5 Å². The normalized spacial score (nSPS) is 18.4. The molecule has 0 aliphatic carbocycles. The van der Waals surface area contributed by atoms with Crippen molar-refractivity contribution in [2.24, 2.45) is 0 Å². The van der Waals surface area contributed by atoms with E-state index in [0.717, 1.165) is 25.9 Å². The van der Waals surface area contributed by atoms with Gasteiger partial charge in [-0.1, -0.05) is 30.7 Å². The Kier molecular flexibility index (Phi) is 7.84. The van der Waals surface area contributed by atoms with Crippen LogP contribution in [0.25, 0.3) is 21.9 Å². The molecular weight excluding hydrogens is 496 g/mol. The van der Waals surface area contributed by atoms with Gasteiger partial charge in [0.25, 0.3) is 0 Å². The Morgan fingerprint density at radius 1 is 0.923 bits per heavy atom. The first-order valence-electron chi connectivity index (χ1n) is 13.6. The monoisotopic (exact) mass is 530 g/mol. The number of fused-ring (bicyclic) bond motifs is 2. The zero-order valence-electron chi connectivity index (χ0n) is 22.7. The maximum atomic E-state index is 13.7. The van der Waals surface area contributed by atoms with Crippen molar-refractivity contribution in [3.63, 3.8) is 0 Å². The SMILES string of the molecule is CCOC(=O)C1=C(C)NC(C)=C(C(=O)OCCN2CCCCC2)C1c1cccc2c(=O)c3ccccc3oc12. The Balaban J connectivity index is 1.61. The van der Waals surface area contributed by atoms with Gasteiger partial charge in [-0.3, -0.25) is 9.69 Å². The predicted octanol–water partition coefficient (Wildman–Crippen LogP) is 4.77. The Labute approximate surface area is 227 Å². The second kappa shape index (κ2) is 11.5. The van der Waals surface area contributed by atoms with Crippen molar-refractivity contribution < 1.29 is 23.5 Å². The van der Waals surface area contributed by atoms with Crippen molar-refractivity contribution in [3.8, 4) is 0 Å². The van der Waals surface area contributed by atoms with Crippen LogP contribution in [0.5, 0.6) is 0 Å². The fourth-order valence-electron chi connectivity index (χ4n) is 5.66. The van der Waals surface area contributed by atoms with Crippen molar-refractivity contribution in [2.75, 3.05) is 32.8 Å². The van der Waals surface area contributed by atoms with E-state index in [1.165, 1.54) is 6.42 Å². The minimum atomic E-state index is -0.846. The largest absolute Gasteiger partial charge is 0.463 e. The number of carbonyl (C=O) groups is 2. The number of likely N-dealkylation sites (tertiary alicyclic amines) is 1. The fraction of sp³-hybridized carbons (Fsp3) is 0.387. The summed E-state index contributed by atoms with van der Waals surface area (Å²) in [6, 6.07) is 12.3. The number of esters is 2. The van der Waals surface area contributed by atoms with Gasteiger partial charge in [-0.05, 0) is 64.9 Å². The molecular formula is C31H34N2O6. The third-order valence-electron chi connectivity index (χ3n) is 7.51. The number of hydrogen-bond acceptors (Lipinski definition) is 8. The first-order chi connectivity index (χ1) is 18.9. The van der Waals surface area contributed by atoms with Crippen LogP contribution < -0.4 is 10.7 Å². The Morgan fingerprint density at radius 2 is 1.59 bits per heavy atom. The van der Waals surface area contributed by atoms with Crippen LogP contribution in [-0.4, -0.2) is 49.7 Å². The van der Waals surface area contributed by atoms with Crippen LogP contribution in [0.2, 0.25) is 0 Å². The second-order valence-electron chi connectivity index (χ2n) is 10.0. The van der Waals surface area contributed by atoms with Gasteiger partial charge >= 0.3 is 11.9 Å². The summed E-state index contributed by atoms with van der Waals surface area (Å²) in [6.07, 6.45) is 3.53. The zero-order chi connectivity index (χ0) is 27.5. The summed E-state index contributed by atoms with van der Waals surface area (Å²) in [5.41, 5.74) is 2.85. The highest BCUT2D eigenvalue weighted by Crippen LogP contribution is 2.42. The number of carbonyl (C=O) groups excluding carboxylic acids is 2. The standard InChI is InChI=1S/C31H34N2O6/c1-4-37-30(35)25-19(2)32-20(3)26(31(36)38-18-17-33-15-8-5-9-16-33)27(25)22-12-10-13-23-28(34)21-11-6-7-14-24(21)39-29(22)23/h6-7,10-14,27,32H,4-5,8-9,15-18H2,1-3H3. The lowest BCUT2D eigenvalue weighted by Crippen LogP contribution is -2.35. The molecule has 5 rings (SSSR count). The van der Waals surface area contributed by atoms with Crippen molar-refractivity contribution >= 4 is 33.9 Å². The molecule has 0 radical (unpaired) electrons. The summed E-state index contributed by atoms with van der Waals surface area (Å²) in [5.74, 6) is -1.91. The molecule has 1 aromatic heterocycles. The topological polar surface area (TPSA) is 98.1 Å². The third-order valence-corrected chi connectivity index (χ3v) is 7.51. The average Bonchev–Trinajstić information content (AvgIpc) is 2.93. The molecule has 1 fully saturated rings. The summed E-state index contributed by atoms with van der Waals surface area (Å²) >= 11 is 0. The highest BCUT2D eigenvalue weighted by molar-refractivity contribution is 6.02. The van der Waals surface area contributed by atoms with E-state index in [1.54, 1.807) is 63.2 Å². The van der Waals surface area contributed by atoms with Gasteiger partial charge in [0.05, 0.1) is 34.4 Å². The van der Waals surface area contributed by atoms with Gasteiger partial charge < -0.3 is 19.2 Å². The number of ether oxygens (including phenoxy) is 2. The number of hydrogen-bond donors (Lipinski definition) is 1. The molecule has 3 heterocycles. The van der Waals surface area contributed by atoms with Crippen LogP contribution in [-0.2, 0) is 19.1 Å². The Hall–Kier alpha value is -3.91. The van der Waals surface area contributed by atoms with E-state index < -0.39 is 17.9 Å². The number of nitrogens with zero attached hydrogens (tertiary/aromatic N) is 1. The molecule has 204 valence electrons. The summed E-state index contributed by atoms with van der Waals surface area (Å²) in [4.78, 5) is 42.7. The lowest BCUT2D eigenvalue weighted by atomic mass is 9.79. The zero-order valence-corrected chi connectivity index (χ0v) is 22.7. The molecule has 1 saturated heterocycles. The lowest BCUT2D eigenvalue weighted by molar-refractivity contribution is -0.140. The first-order valence-corrected chi connectivity index (χ1v) is 13.6. The van der Waals surface area contributed by atoms with Crippen LogP contribution in [0, 0.1) is 0 Å². The number of nitrogens with one attached hydrogen (secondary N) is 1. The lowest BCUT2D eigenvalue weighted by Gasteiger charge is -2.31. The van der Waals surface area contributed by atoms with E-state index in [2.05, 4.69) is 10.2 Å². The summed E-state index contributed by atoms with van der Waals surface area (Å²) < 4.78 is 17.5. The van der Waals surface area contributed by atoms with Crippen LogP contribution in [0.4, 0.5) is 0 Å². The maximum Gasteiger partial charge on any atom is 0.336 e. The molecule has 0 saturated carbocycles. The molecule has 2 aliphatic rings. The van der Waals surface area contributed by atoms with Gasteiger partial charge in [-0.2, -0.15) is 0 Å². The van der Waals surface area contributed by atoms with Crippen molar-refractivity contribution in [3.05, 3.63) is 80.8 Å². The van der Waals surface area contributed by atoms with E-state index >= 15 is 0 Å². The number of dihydropyridines is 1. The van der Waals surface area contributed by atoms with Crippen LogP contribution in [0.3, 0.4) is 0 Å². The molecule has 1 N–H and O–H groups in total. The molecule has 0 spiro atoms. The van der Waals surface area contributed by atoms with E-state index in [9.17, 15) is 14.4 Å². The van der Waals surface area contributed by atoms with Gasteiger partial charge in [-0.15, -0.1) is 0 Å². The molecule has 1 unspecified atom stereocenters. The molecule has 2 aromatic carbocycles. The molecule has 2 aliphatic heterocycles. The highest BCUT2D eigenvalue weighted by atomic mass is 16.5. The van der Waals surface area contributed by atoms with Crippen molar-refractivity contribution in [1.82, 2.24) is 10.2 Å². The molecule has 1 atom stereocenters. The molecule has 0 bridgehead atoms. The summed E-state index contributed by atoms with van der Waals surface area (Å²) in [6.45, 7) is 8.38. The van der Waals surface area contributed by atoms with Gasteiger partial charge in [0.2, 0.25) is 5.43 Å². The number of benzene rings is 2. The number of allylic oxidation sites excluding steroid dienone is 2. The van der Waals surface area contributed by atoms with Gasteiger partial charge in [0.15, 0.2) is 0 Å². The third kappa shape index (κ3) is 5.21. The Morgan fingerprint density at radius 3 is 2.31 bits per heavy atom. The number of rotatable bonds is 7. The number of piperidine rings is 1. The smallest absolute Gasteiger partial charge is 0.336 e. The highest BCUT2D eigenvalue weighted by Gasteiger charge is 2.39. The summed E-state index contributed by atoms with van der Waals surface area (Å²) in [7, 11) is 0. The van der Waals surface area contributed by atoms with Crippen LogP contribution >= 0.6 is 0 Å². The molecule has 8 nitrogen and oxygen atoms in total. The van der Waals surface area contributed by atoms with Crippen molar-refractivity contribution in [1.29, 1.82) is 0 Å². The molecule has 3 aromatic rings. The maximum absolute atomic E-state index is 13.7. The van der Waals surface area contributed by atoms with E-state index in [4.69, 9.17) is 13.9 Å². The van der Waals surface area contributed by atoms with E-state index in [-0.39, 0.29) is 24.2 Å². The second-order valence-corrected chi connectivity index (χ2v) is 10.0. The van der Waals surface area contributed by atoms with Crippen LogP contribution in [0.15, 0.2) is 74.2 Å². The van der Waals surface area contributed by atoms with E-state index in [0.29, 0.717) is 51.0 Å². The summed E-state index contributed by atoms with van der Waals surface area (Å²) in [5, 5.41) is 4.03. The van der Waals surface area contributed by atoms with Crippen molar-refractivity contribution in [2.45, 2.75) is 46.0 Å². The molecule has 0 amide bonds. The average molecular weight is 531 g/mol. The quantitative estimate of drug-likeness (QED) is 0.345. The first kappa shape index (κ1) is 26.7. The minimum absolute atomic E-state index is 0.174. The van der Waals surface area contributed by atoms with E-state index in [1.807, 2.05) is 0 Å². The fourth-order valence-corrected chi connectivity index (χ4v) is 5.66.